The molecule has 1 aliphatic carbocycles. The molecule has 0 spiro atoms. The molecule has 2 N–H and O–H groups in total. The number of amides is 1. The number of aliphatic hydroxyl groups is 1. The maximum Gasteiger partial charge on any atom is 0.234 e. The summed E-state index contributed by atoms with van der Waals surface area (Å²) in [5.41, 5.74) is 2.22. The van der Waals surface area contributed by atoms with Crippen molar-refractivity contribution in [3.8, 4) is 0 Å². The van der Waals surface area contributed by atoms with Gasteiger partial charge in [0.1, 0.15) is 0 Å². The Hall–Kier alpha value is -1.43. The second-order valence-electron chi connectivity index (χ2n) is 6.80. The molecule has 134 valence electrons. The first-order chi connectivity index (χ1) is 11.6. The van der Waals surface area contributed by atoms with Gasteiger partial charge in [0.2, 0.25) is 5.91 Å². The molecule has 0 aromatic heterocycles. The second-order valence-corrected chi connectivity index (χ2v) is 6.80. The van der Waals surface area contributed by atoms with E-state index in [1.807, 2.05) is 31.3 Å². The third kappa shape index (κ3) is 5.89. The number of aliphatic hydroxyl groups excluding tert-OH is 1. The Morgan fingerprint density at radius 2 is 1.83 bits per heavy atom. The molecule has 24 heavy (non-hydrogen) atoms. The normalized spacial score (nSPS) is 21.0. The van der Waals surface area contributed by atoms with E-state index in [4.69, 9.17) is 4.74 Å². The SMILES string of the molecule is COCc1ccc(CNC(=O)CN(C)C2CCC(CO)CC2)cc1. The van der Waals surface area contributed by atoms with E-state index >= 15 is 0 Å². The lowest BCUT2D eigenvalue weighted by Gasteiger charge is -2.33. The highest BCUT2D eigenvalue weighted by atomic mass is 16.5. The maximum atomic E-state index is 12.1. The number of hydrogen-bond acceptors (Lipinski definition) is 4. The minimum Gasteiger partial charge on any atom is -0.396 e. The van der Waals surface area contributed by atoms with Gasteiger partial charge in [-0.05, 0) is 49.8 Å². The minimum atomic E-state index is 0.0581. The van der Waals surface area contributed by atoms with Crippen LogP contribution in [0, 0.1) is 5.92 Å². The molecule has 1 saturated carbocycles. The number of nitrogens with zero attached hydrogens (tertiary/aromatic N) is 1. The summed E-state index contributed by atoms with van der Waals surface area (Å²) in [5.74, 6) is 0.507. The summed E-state index contributed by atoms with van der Waals surface area (Å²) >= 11 is 0. The van der Waals surface area contributed by atoms with Gasteiger partial charge in [0, 0.05) is 26.3 Å². The first kappa shape index (κ1) is 18.9. The zero-order valence-corrected chi connectivity index (χ0v) is 14.8. The number of rotatable bonds is 8. The van der Waals surface area contributed by atoms with Crippen molar-refractivity contribution in [2.75, 3.05) is 27.3 Å². The number of benzene rings is 1. The van der Waals surface area contributed by atoms with E-state index in [0.717, 1.165) is 36.8 Å². The number of ether oxygens (including phenoxy) is 1. The largest absolute Gasteiger partial charge is 0.396 e. The highest BCUT2D eigenvalue weighted by Crippen LogP contribution is 2.26. The van der Waals surface area contributed by atoms with Crippen molar-refractivity contribution in [3.63, 3.8) is 0 Å². The Labute approximate surface area is 145 Å². The quantitative estimate of drug-likeness (QED) is 0.763. The van der Waals surface area contributed by atoms with Crippen LogP contribution in [0.2, 0.25) is 0 Å². The molecule has 1 aliphatic rings. The van der Waals surface area contributed by atoms with Crippen LogP contribution in [-0.4, -0.2) is 49.3 Å². The van der Waals surface area contributed by atoms with Gasteiger partial charge in [-0.1, -0.05) is 24.3 Å². The van der Waals surface area contributed by atoms with E-state index in [9.17, 15) is 9.90 Å². The number of carbonyl (C=O) groups is 1. The number of carbonyl (C=O) groups excluding carboxylic acids is 1. The molecule has 0 aliphatic heterocycles. The molecule has 0 atom stereocenters. The van der Waals surface area contributed by atoms with Crippen LogP contribution in [0.3, 0.4) is 0 Å². The van der Waals surface area contributed by atoms with Crippen molar-refractivity contribution < 1.29 is 14.6 Å². The van der Waals surface area contributed by atoms with Crippen molar-refractivity contribution in [3.05, 3.63) is 35.4 Å². The van der Waals surface area contributed by atoms with Crippen molar-refractivity contribution in [2.24, 2.45) is 5.92 Å². The summed E-state index contributed by atoms with van der Waals surface area (Å²) in [4.78, 5) is 14.3. The van der Waals surface area contributed by atoms with Crippen molar-refractivity contribution in [2.45, 2.75) is 44.9 Å². The first-order valence-corrected chi connectivity index (χ1v) is 8.77. The van der Waals surface area contributed by atoms with Crippen molar-refractivity contribution in [1.29, 1.82) is 0 Å². The lowest BCUT2D eigenvalue weighted by atomic mass is 9.86. The van der Waals surface area contributed by atoms with E-state index in [-0.39, 0.29) is 5.91 Å². The summed E-state index contributed by atoms with van der Waals surface area (Å²) in [6, 6.07) is 8.54. The van der Waals surface area contributed by atoms with Gasteiger partial charge in [-0.15, -0.1) is 0 Å². The summed E-state index contributed by atoms with van der Waals surface area (Å²) in [6.45, 7) is 1.88. The molecule has 1 aromatic rings. The van der Waals surface area contributed by atoms with Gasteiger partial charge in [-0.3, -0.25) is 9.69 Å². The van der Waals surface area contributed by atoms with Crippen LogP contribution in [0.5, 0.6) is 0 Å². The van der Waals surface area contributed by atoms with Gasteiger partial charge in [0.25, 0.3) is 0 Å². The van der Waals surface area contributed by atoms with Crippen LogP contribution >= 0.6 is 0 Å². The van der Waals surface area contributed by atoms with Gasteiger partial charge in [0.15, 0.2) is 0 Å². The number of nitrogens with one attached hydrogen (secondary N) is 1. The zero-order valence-electron chi connectivity index (χ0n) is 14.8. The van der Waals surface area contributed by atoms with Crippen LogP contribution in [0.4, 0.5) is 0 Å². The minimum absolute atomic E-state index is 0.0581. The molecule has 0 radical (unpaired) electrons. The highest BCUT2D eigenvalue weighted by Gasteiger charge is 2.24. The van der Waals surface area contributed by atoms with Crippen LogP contribution in [0.15, 0.2) is 24.3 Å². The summed E-state index contributed by atoms with van der Waals surface area (Å²) in [5, 5.41) is 12.2. The molecule has 0 heterocycles. The number of likely N-dealkylation sites (N-methyl/N-ethyl adjacent to an activating group) is 1. The predicted octanol–water partition coefficient (Wildman–Crippen LogP) is 1.93. The molecule has 5 nitrogen and oxygen atoms in total. The Morgan fingerprint density at radius 1 is 1.21 bits per heavy atom. The summed E-state index contributed by atoms with van der Waals surface area (Å²) < 4.78 is 5.09. The van der Waals surface area contributed by atoms with E-state index in [2.05, 4.69) is 10.2 Å². The predicted molar refractivity (Wildman–Crippen MR) is 94.5 cm³/mol. The number of hydrogen-bond donors (Lipinski definition) is 2. The molecular formula is C19H30N2O3. The molecule has 0 unspecified atom stereocenters. The van der Waals surface area contributed by atoms with Gasteiger partial charge in [-0.25, -0.2) is 0 Å². The fraction of sp³-hybridized carbons (Fsp3) is 0.632. The lowest BCUT2D eigenvalue weighted by Crippen LogP contribution is -2.42. The molecule has 2 rings (SSSR count). The fourth-order valence-corrected chi connectivity index (χ4v) is 3.30. The first-order valence-electron chi connectivity index (χ1n) is 8.77. The third-order valence-corrected chi connectivity index (χ3v) is 4.91. The Balaban J connectivity index is 1.70. The van der Waals surface area contributed by atoms with Crippen molar-refractivity contribution >= 4 is 5.91 Å². The molecule has 5 heteroatoms. The summed E-state index contributed by atoms with van der Waals surface area (Å²) in [6.07, 6.45) is 4.24. The third-order valence-electron chi connectivity index (χ3n) is 4.91. The highest BCUT2D eigenvalue weighted by molar-refractivity contribution is 5.78. The van der Waals surface area contributed by atoms with Crippen LogP contribution in [0.1, 0.15) is 36.8 Å². The zero-order chi connectivity index (χ0) is 17.4. The fourth-order valence-electron chi connectivity index (χ4n) is 3.30. The topological polar surface area (TPSA) is 61.8 Å². The van der Waals surface area contributed by atoms with E-state index < -0.39 is 0 Å². The molecule has 1 amide bonds. The maximum absolute atomic E-state index is 12.1. The van der Waals surface area contributed by atoms with E-state index in [0.29, 0.717) is 38.3 Å². The second kappa shape index (κ2) is 9.77. The molecule has 1 aromatic carbocycles. The monoisotopic (exact) mass is 334 g/mol. The smallest absolute Gasteiger partial charge is 0.234 e. The van der Waals surface area contributed by atoms with E-state index in [1.54, 1.807) is 7.11 Å². The average Bonchev–Trinajstić information content (AvgIpc) is 2.61. The molecular weight excluding hydrogens is 304 g/mol. The standard InChI is InChI=1S/C19H30N2O3/c1-21(18-9-7-16(13-22)8-10-18)12-19(23)20-11-15-3-5-17(6-4-15)14-24-2/h3-6,16,18,22H,7-14H2,1-2H3,(H,20,23). The molecule has 0 bridgehead atoms. The van der Waals surface area contributed by atoms with Gasteiger partial charge in [-0.2, -0.15) is 0 Å². The summed E-state index contributed by atoms with van der Waals surface area (Å²) in [7, 11) is 3.70. The van der Waals surface area contributed by atoms with Gasteiger partial charge >= 0.3 is 0 Å². The van der Waals surface area contributed by atoms with Crippen LogP contribution < -0.4 is 5.32 Å². The van der Waals surface area contributed by atoms with Crippen LogP contribution in [-0.2, 0) is 22.7 Å². The number of methoxy groups -OCH3 is 1. The van der Waals surface area contributed by atoms with E-state index in [1.165, 1.54) is 0 Å². The molecule has 1 fully saturated rings. The molecule has 0 saturated heterocycles. The van der Waals surface area contributed by atoms with Crippen LogP contribution in [0.25, 0.3) is 0 Å². The lowest BCUT2D eigenvalue weighted by molar-refractivity contribution is -0.122. The Morgan fingerprint density at radius 3 is 2.42 bits per heavy atom. The average molecular weight is 334 g/mol. The van der Waals surface area contributed by atoms with Gasteiger partial charge in [0.05, 0.1) is 13.2 Å². The van der Waals surface area contributed by atoms with Gasteiger partial charge < -0.3 is 15.2 Å². The Kier molecular flexibility index (Phi) is 7.69. The Bertz CT molecular complexity index is 496. The van der Waals surface area contributed by atoms with Crippen molar-refractivity contribution in [1.82, 2.24) is 10.2 Å².